The van der Waals surface area contributed by atoms with Crippen molar-refractivity contribution in [1.82, 2.24) is 5.32 Å². The Kier molecular flexibility index (Phi) is 3.86. The van der Waals surface area contributed by atoms with Crippen LogP contribution >= 0.6 is 0 Å². The van der Waals surface area contributed by atoms with Gasteiger partial charge in [0.2, 0.25) is 0 Å². The average molecular weight is 225 g/mol. The first kappa shape index (κ1) is 12.9. The van der Waals surface area contributed by atoms with Gasteiger partial charge in [-0.3, -0.25) is 14.9 Å². The molecular weight excluding hydrogens is 206 g/mol. The summed E-state index contributed by atoms with van der Waals surface area (Å²) >= 11 is 0. The highest BCUT2D eigenvalue weighted by molar-refractivity contribution is 6.19. The number of nitrogens with one attached hydrogen (secondary N) is 1. The van der Waals surface area contributed by atoms with Gasteiger partial charge >= 0.3 is 0 Å². The highest BCUT2D eigenvalue weighted by Gasteiger charge is 2.26. The minimum absolute atomic E-state index is 0.219. The number of hydrogen-bond donors (Lipinski definition) is 1. The maximum Gasteiger partial charge on any atom is 0.256 e. The summed E-state index contributed by atoms with van der Waals surface area (Å²) in [6.07, 6.45) is 0.925. The SMILES string of the molecule is CC1=C(COCCC(C)(C)C)C(=O)NC1=O. The van der Waals surface area contributed by atoms with Crippen molar-refractivity contribution in [2.24, 2.45) is 5.41 Å². The molecular formula is C12H19NO3. The quantitative estimate of drug-likeness (QED) is 0.581. The lowest BCUT2D eigenvalue weighted by molar-refractivity contribution is -0.124. The molecule has 0 atom stereocenters. The topological polar surface area (TPSA) is 55.4 Å². The van der Waals surface area contributed by atoms with E-state index in [0.29, 0.717) is 17.8 Å². The lowest BCUT2D eigenvalue weighted by Crippen LogP contribution is -2.24. The van der Waals surface area contributed by atoms with Crippen LogP contribution in [0.5, 0.6) is 0 Å². The van der Waals surface area contributed by atoms with Gasteiger partial charge in [-0.25, -0.2) is 0 Å². The fraction of sp³-hybridized carbons (Fsp3) is 0.667. The van der Waals surface area contributed by atoms with E-state index in [2.05, 4.69) is 26.1 Å². The molecule has 1 heterocycles. The molecule has 1 rings (SSSR count). The summed E-state index contributed by atoms with van der Waals surface area (Å²) in [5.74, 6) is -0.627. The summed E-state index contributed by atoms with van der Waals surface area (Å²) < 4.78 is 5.41. The average Bonchev–Trinajstić information content (AvgIpc) is 2.36. The van der Waals surface area contributed by atoms with E-state index >= 15 is 0 Å². The van der Waals surface area contributed by atoms with Crippen LogP contribution in [-0.2, 0) is 14.3 Å². The third-order valence-corrected chi connectivity index (χ3v) is 2.54. The number of ether oxygens (including phenoxy) is 1. The van der Waals surface area contributed by atoms with Gasteiger partial charge in [-0.1, -0.05) is 20.8 Å². The van der Waals surface area contributed by atoms with E-state index in [4.69, 9.17) is 4.74 Å². The Morgan fingerprint density at radius 2 is 1.81 bits per heavy atom. The fourth-order valence-corrected chi connectivity index (χ4v) is 1.31. The van der Waals surface area contributed by atoms with Crippen LogP contribution in [0.15, 0.2) is 11.1 Å². The highest BCUT2D eigenvalue weighted by Crippen LogP contribution is 2.18. The van der Waals surface area contributed by atoms with Gasteiger partial charge in [0, 0.05) is 12.2 Å². The molecule has 1 N–H and O–H groups in total. The van der Waals surface area contributed by atoms with Crippen LogP contribution in [-0.4, -0.2) is 25.0 Å². The van der Waals surface area contributed by atoms with Crippen molar-refractivity contribution < 1.29 is 14.3 Å². The van der Waals surface area contributed by atoms with Crippen LogP contribution in [0.1, 0.15) is 34.1 Å². The molecule has 1 aliphatic rings. The summed E-state index contributed by atoms with van der Waals surface area (Å²) in [7, 11) is 0. The summed E-state index contributed by atoms with van der Waals surface area (Å²) in [5, 5.41) is 2.24. The first-order valence-corrected chi connectivity index (χ1v) is 5.44. The van der Waals surface area contributed by atoms with Crippen molar-refractivity contribution in [3.8, 4) is 0 Å². The summed E-state index contributed by atoms with van der Waals surface area (Å²) in [5.41, 5.74) is 1.15. The second-order valence-electron chi connectivity index (χ2n) is 5.25. The molecule has 4 nitrogen and oxygen atoms in total. The van der Waals surface area contributed by atoms with Gasteiger partial charge in [0.25, 0.3) is 11.8 Å². The Morgan fingerprint density at radius 3 is 2.25 bits per heavy atom. The lowest BCUT2D eigenvalue weighted by atomic mass is 9.93. The van der Waals surface area contributed by atoms with E-state index in [9.17, 15) is 9.59 Å². The number of carbonyl (C=O) groups is 2. The van der Waals surface area contributed by atoms with E-state index in [0.717, 1.165) is 6.42 Å². The maximum atomic E-state index is 11.3. The predicted octanol–water partition coefficient (Wildman–Crippen LogP) is 1.41. The zero-order valence-corrected chi connectivity index (χ0v) is 10.3. The van der Waals surface area contributed by atoms with E-state index in [1.165, 1.54) is 0 Å². The Hall–Kier alpha value is -1.16. The van der Waals surface area contributed by atoms with Crippen molar-refractivity contribution in [2.75, 3.05) is 13.2 Å². The van der Waals surface area contributed by atoms with Crippen molar-refractivity contribution in [2.45, 2.75) is 34.1 Å². The molecule has 0 spiro atoms. The van der Waals surface area contributed by atoms with Crippen molar-refractivity contribution >= 4 is 11.8 Å². The van der Waals surface area contributed by atoms with Gasteiger partial charge in [0.1, 0.15) is 0 Å². The minimum Gasteiger partial charge on any atom is -0.377 e. The Bertz CT molecular complexity index is 337. The fourth-order valence-electron chi connectivity index (χ4n) is 1.31. The van der Waals surface area contributed by atoms with Crippen LogP contribution in [0.2, 0.25) is 0 Å². The van der Waals surface area contributed by atoms with E-state index in [-0.39, 0.29) is 23.8 Å². The standard InChI is InChI=1S/C12H19NO3/c1-8-9(11(15)13-10(8)14)7-16-6-5-12(2,3)4/h5-7H2,1-4H3,(H,13,14,15). The predicted molar refractivity (Wildman–Crippen MR) is 60.7 cm³/mol. The number of amides is 2. The maximum absolute atomic E-state index is 11.3. The molecule has 0 unspecified atom stereocenters. The third kappa shape index (κ3) is 3.45. The minimum atomic E-state index is -0.321. The van der Waals surface area contributed by atoms with Gasteiger partial charge in [0.15, 0.2) is 0 Å². The second kappa shape index (κ2) is 4.78. The van der Waals surface area contributed by atoms with Crippen molar-refractivity contribution in [3.05, 3.63) is 11.1 Å². The van der Waals surface area contributed by atoms with Crippen LogP contribution < -0.4 is 5.32 Å². The highest BCUT2D eigenvalue weighted by atomic mass is 16.5. The van der Waals surface area contributed by atoms with Gasteiger partial charge in [0.05, 0.1) is 12.2 Å². The van der Waals surface area contributed by atoms with E-state index in [1.807, 2.05) is 0 Å². The van der Waals surface area contributed by atoms with Gasteiger partial charge in [-0.2, -0.15) is 0 Å². The second-order valence-corrected chi connectivity index (χ2v) is 5.25. The molecule has 0 aromatic carbocycles. The van der Waals surface area contributed by atoms with Crippen LogP contribution in [0.4, 0.5) is 0 Å². The summed E-state index contributed by atoms with van der Waals surface area (Å²) in [4.78, 5) is 22.5. The van der Waals surface area contributed by atoms with E-state index < -0.39 is 0 Å². The molecule has 0 saturated heterocycles. The molecule has 2 amide bonds. The van der Waals surface area contributed by atoms with Crippen LogP contribution in [0.25, 0.3) is 0 Å². The molecule has 0 saturated carbocycles. The Morgan fingerprint density at radius 1 is 1.19 bits per heavy atom. The normalized spacial score (nSPS) is 17.0. The first-order chi connectivity index (χ1) is 7.31. The van der Waals surface area contributed by atoms with Crippen LogP contribution in [0.3, 0.4) is 0 Å². The smallest absolute Gasteiger partial charge is 0.256 e. The van der Waals surface area contributed by atoms with Gasteiger partial charge in [-0.05, 0) is 18.8 Å². The molecule has 4 heteroatoms. The molecule has 90 valence electrons. The third-order valence-electron chi connectivity index (χ3n) is 2.54. The van der Waals surface area contributed by atoms with Crippen molar-refractivity contribution in [1.29, 1.82) is 0 Å². The number of carbonyl (C=O) groups excluding carboxylic acids is 2. The van der Waals surface area contributed by atoms with Crippen LogP contribution in [0, 0.1) is 5.41 Å². The number of hydrogen-bond acceptors (Lipinski definition) is 3. The van der Waals surface area contributed by atoms with Gasteiger partial charge < -0.3 is 4.74 Å². The number of rotatable bonds is 4. The number of imide groups is 1. The largest absolute Gasteiger partial charge is 0.377 e. The van der Waals surface area contributed by atoms with Gasteiger partial charge in [-0.15, -0.1) is 0 Å². The molecule has 0 radical (unpaired) electrons. The zero-order valence-electron chi connectivity index (χ0n) is 10.3. The molecule has 0 bridgehead atoms. The lowest BCUT2D eigenvalue weighted by Gasteiger charge is -2.17. The monoisotopic (exact) mass is 225 g/mol. The zero-order chi connectivity index (χ0) is 12.3. The molecule has 1 aliphatic heterocycles. The molecule has 16 heavy (non-hydrogen) atoms. The summed E-state index contributed by atoms with van der Waals surface area (Å²) in [6.45, 7) is 8.86. The Labute approximate surface area is 96.0 Å². The van der Waals surface area contributed by atoms with E-state index in [1.54, 1.807) is 6.92 Å². The summed E-state index contributed by atoms with van der Waals surface area (Å²) in [6, 6.07) is 0. The Balaban J connectivity index is 2.39. The molecule has 0 fully saturated rings. The van der Waals surface area contributed by atoms with Crippen molar-refractivity contribution in [3.63, 3.8) is 0 Å². The molecule has 0 aliphatic carbocycles. The first-order valence-electron chi connectivity index (χ1n) is 5.44. The molecule has 0 aromatic heterocycles. The molecule has 0 aromatic rings.